The van der Waals surface area contributed by atoms with Crippen LogP contribution in [-0.2, 0) is 26.6 Å². The first kappa shape index (κ1) is 16.2. The number of ether oxygens (including phenoxy) is 1. The maximum atomic E-state index is 12.2. The van der Waals surface area contributed by atoms with Crippen LogP contribution >= 0.6 is 0 Å². The minimum Gasteiger partial charge on any atom is -0.477 e. The quantitative estimate of drug-likeness (QED) is 0.736. The van der Waals surface area contributed by atoms with E-state index in [0.29, 0.717) is 0 Å². The summed E-state index contributed by atoms with van der Waals surface area (Å²) in [5, 5.41) is 8.90. The summed E-state index contributed by atoms with van der Waals surface area (Å²) < 4.78 is 31.0. The van der Waals surface area contributed by atoms with E-state index in [1.165, 1.54) is 24.9 Å². The first-order valence-corrected chi connectivity index (χ1v) is 7.15. The standard InChI is InChI=1S/C11H16N2O6S/c1-4-19-10(14)7-13(3)20(17,18)8-5-9(11(15)16)12(2)6-8/h5-6H,4,7H2,1-3H3,(H,15,16). The smallest absolute Gasteiger partial charge is 0.352 e. The number of carbonyl (C=O) groups excluding carboxylic acids is 1. The number of aromatic carboxylic acids is 1. The molecule has 1 aromatic heterocycles. The number of aryl methyl sites for hydroxylation is 1. The maximum Gasteiger partial charge on any atom is 0.352 e. The molecule has 9 heteroatoms. The lowest BCUT2D eigenvalue weighted by atomic mass is 10.4. The van der Waals surface area contributed by atoms with E-state index in [4.69, 9.17) is 5.11 Å². The molecule has 0 unspecified atom stereocenters. The van der Waals surface area contributed by atoms with Gasteiger partial charge in [-0.3, -0.25) is 4.79 Å². The molecule has 0 aliphatic carbocycles. The molecule has 0 aliphatic heterocycles. The van der Waals surface area contributed by atoms with Crippen molar-refractivity contribution in [1.82, 2.24) is 8.87 Å². The molecule has 0 fully saturated rings. The number of hydrogen-bond acceptors (Lipinski definition) is 5. The molecule has 8 nitrogen and oxygen atoms in total. The zero-order valence-corrected chi connectivity index (χ0v) is 12.2. The van der Waals surface area contributed by atoms with Crippen LogP contribution in [0.2, 0.25) is 0 Å². The molecule has 0 bridgehead atoms. The number of sulfonamides is 1. The molecular formula is C11H16N2O6S. The maximum absolute atomic E-state index is 12.2. The molecule has 0 spiro atoms. The van der Waals surface area contributed by atoms with Gasteiger partial charge in [-0.2, -0.15) is 4.31 Å². The highest BCUT2D eigenvalue weighted by Gasteiger charge is 2.26. The van der Waals surface area contributed by atoms with Gasteiger partial charge in [0.15, 0.2) is 0 Å². The van der Waals surface area contributed by atoms with Crippen LogP contribution in [0.3, 0.4) is 0 Å². The summed E-state index contributed by atoms with van der Waals surface area (Å²) in [6, 6.07) is 1.04. The zero-order valence-electron chi connectivity index (χ0n) is 11.4. The van der Waals surface area contributed by atoms with Crippen molar-refractivity contribution in [2.45, 2.75) is 11.8 Å². The number of carboxylic acids is 1. The molecule has 0 amide bonds. The van der Waals surface area contributed by atoms with Crippen molar-refractivity contribution in [3.05, 3.63) is 18.0 Å². The van der Waals surface area contributed by atoms with Crippen molar-refractivity contribution < 1.29 is 27.9 Å². The Hall–Kier alpha value is -1.87. The number of nitrogens with zero attached hydrogens (tertiary/aromatic N) is 2. The summed E-state index contributed by atoms with van der Waals surface area (Å²) in [5.41, 5.74) is -0.159. The van der Waals surface area contributed by atoms with Gasteiger partial charge in [0.2, 0.25) is 10.0 Å². The molecule has 1 aromatic rings. The van der Waals surface area contributed by atoms with Crippen molar-refractivity contribution in [1.29, 1.82) is 0 Å². The topological polar surface area (TPSA) is 106 Å². The summed E-state index contributed by atoms with van der Waals surface area (Å²) in [4.78, 5) is 22.0. The SMILES string of the molecule is CCOC(=O)CN(C)S(=O)(=O)c1cc(C(=O)O)n(C)c1. The highest BCUT2D eigenvalue weighted by atomic mass is 32.2. The Bertz CT molecular complexity index is 619. The minimum atomic E-state index is -3.94. The molecule has 1 heterocycles. The second-order valence-corrected chi connectivity index (χ2v) is 6.09. The van der Waals surface area contributed by atoms with Gasteiger partial charge in [-0.1, -0.05) is 0 Å². The average molecular weight is 304 g/mol. The summed E-state index contributed by atoms with van der Waals surface area (Å²) in [6.45, 7) is 1.33. The molecule has 112 valence electrons. The number of aromatic nitrogens is 1. The first-order chi connectivity index (χ1) is 9.20. The predicted molar refractivity (Wildman–Crippen MR) is 68.8 cm³/mol. The number of carboxylic acid groups (broad SMARTS) is 1. The first-order valence-electron chi connectivity index (χ1n) is 5.71. The van der Waals surface area contributed by atoms with Crippen LogP contribution in [0, 0.1) is 0 Å². The predicted octanol–water partition coefficient (Wildman–Crippen LogP) is -0.0931. The van der Waals surface area contributed by atoms with Crippen LogP contribution < -0.4 is 0 Å². The van der Waals surface area contributed by atoms with E-state index in [9.17, 15) is 18.0 Å². The van der Waals surface area contributed by atoms with E-state index in [1.54, 1.807) is 6.92 Å². The van der Waals surface area contributed by atoms with E-state index in [-0.39, 0.29) is 17.2 Å². The highest BCUT2D eigenvalue weighted by Crippen LogP contribution is 2.17. The van der Waals surface area contributed by atoms with Gasteiger partial charge in [0, 0.05) is 20.3 Å². The van der Waals surface area contributed by atoms with Crippen molar-refractivity contribution in [2.75, 3.05) is 20.2 Å². The van der Waals surface area contributed by atoms with Crippen molar-refractivity contribution in [3.63, 3.8) is 0 Å². The Kier molecular flexibility index (Phi) is 4.90. The highest BCUT2D eigenvalue weighted by molar-refractivity contribution is 7.89. The van der Waals surface area contributed by atoms with E-state index in [1.807, 2.05) is 0 Å². The molecule has 0 atom stereocenters. The van der Waals surface area contributed by atoms with E-state index in [0.717, 1.165) is 10.4 Å². The molecule has 1 N–H and O–H groups in total. The largest absolute Gasteiger partial charge is 0.477 e. The van der Waals surface area contributed by atoms with Crippen LogP contribution in [0.5, 0.6) is 0 Å². The molecular weight excluding hydrogens is 288 g/mol. The summed E-state index contributed by atoms with van der Waals surface area (Å²) in [7, 11) is -1.29. The van der Waals surface area contributed by atoms with Crippen molar-refractivity contribution in [3.8, 4) is 0 Å². The number of carbonyl (C=O) groups is 2. The second-order valence-electron chi connectivity index (χ2n) is 4.04. The number of esters is 1. The second kappa shape index (κ2) is 6.06. The molecule has 0 radical (unpaired) electrons. The third-order valence-electron chi connectivity index (χ3n) is 2.56. The van der Waals surface area contributed by atoms with Gasteiger partial charge < -0.3 is 14.4 Å². The van der Waals surface area contributed by atoms with Crippen LogP contribution in [0.15, 0.2) is 17.2 Å². The van der Waals surface area contributed by atoms with Gasteiger partial charge >= 0.3 is 11.9 Å². The van der Waals surface area contributed by atoms with Crippen LogP contribution in [-0.4, -0.2) is 54.5 Å². The van der Waals surface area contributed by atoms with E-state index < -0.39 is 28.5 Å². The van der Waals surface area contributed by atoms with E-state index in [2.05, 4.69) is 4.74 Å². The Morgan fingerprint density at radius 1 is 1.45 bits per heavy atom. The van der Waals surface area contributed by atoms with Gasteiger partial charge in [0.1, 0.15) is 17.1 Å². The lowest BCUT2D eigenvalue weighted by Gasteiger charge is -2.14. The average Bonchev–Trinajstić information content (AvgIpc) is 2.72. The summed E-state index contributed by atoms with van der Waals surface area (Å²) >= 11 is 0. The van der Waals surface area contributed by atoms with Crippen LogP contribution in [0.25, 0.3) is 0 Å². The Morgan fingerprint density at radius 2 is 2.05 bits per heavy atom. The monoisotopic (exact) mass is 304 g/mol. The Morgan fingerprint density at radius 3 is 2.50 bits per heavy atom. The van der Waals surface area contributed by atoms with Crippen LogP contribution in [0.1, 0.15) is 17.4 Å². The fourth-order valence-corrected chi connectivity index (χ4v) is 2.73. The van der Waals surface area contributed by atoms with Gasteiger partial charge in [-0.15, -0.1) is 0 Å². The van der Waals surface area contributed by atoms with Crippen LogP contribution in [0.4, 0.5) is 0 Å². The third kappa shape index (κ3) is 3.36. The van der Waals surface area contributed by atoms with Gasteiger partial charge in [-0.05, 0) is 13.0 Å². The molecule has 0 saturated carbocycles. The molecule has 0 aromatic carbocycles. The summed E-state index contributed by atoms with van der Waals surface area (Å²) in [5.74, 6) is -1.91. The Balaban J connectivity index is 3.01. The lowest BCUT2D eigenvalue weighted by Crippen LogP contribution is -2.33. The molecule has 0 saturated heterocycles. The Labute approximate surface area is 116 Å². The number of hydrogen-bond donors (Lipinski definition) is 1. The van der Waals surface area contributed by atoms with E-state index >= 15 is 0 Å². The van der Waals surface area contributed by atoms with Gasteiger partial charge in [-0.25, -0.2) is 13.2 Å². The van der Waals surface area contributed by atoms with Crippen molar-refractivity contribution in [2.24, 2.45) is 7.05 Å². The minimum absolute atomic E-state index is 0.154. The lowest BCUT2D eigenvalue weighted by molar-refractivity contribution is -0.143. The molecule has 20 heavy (non-hydrogen) atoms. The van der Waals surface area contributed by atoms with Crippen molar-refractivity contribution >= 4 is 22.0 Å². The van der Waals surface area contributed by atoms with Gasteiger partial charge in [0.25, 0.3) is 0 Å². The normalized spacial score (nSPS) is 11.6. The third-order valence-corrected chi connectivity index (χ3v) is 4.33. The number of rotatable bonds is 6. The fraction of sp³-hybridized carbons (Fsp3) is 0.455. The molecule has 1 rings (SSSR count). The molecule has 0 aliphatic rings. The summed E-state index contributed by atoms with van der Waals surface area (Å²) in [6.07, 6.45) is 1.18. The number of likely N-dealkylation sites (N-methyl/N-ethyl adjacent to an activating group) is 1. The van der Waals surface area contributed by atoms with Gasteiger partial charge in [0.05, 0.1) is 6.61 Å². The fourth-order valence-electron chi connectivity index (χ4n) is 1.54. The zero-order chi connectivity index (χ0) is 15.5.